The van der Waals surface area contributed by atoms with Gasteiger partial charge in [0.05, 0.1) is 12.5 Å². The van der Waals surface area contributed by atoms with Crippen LogP contribution in [0.2, 0.25) is 0 Å². The summed E-state index contributed by atoms with van der Waals surface area (Å²) in [7, 11) is 0. The average molecular weight is 497 g/mol. The van der Waals surface area contributed by atoms with Gasteiger partial charge in [0.25, 0.3) is 0 Å². The molecule has 0 radical (unpaired) electrons. The van der Waals surface area contributed by atoms with Crippen molar-refractivity contribution in [2.45, 2.75) is 37.4 Å². The number of hydrogen-bond acceptors (Lipinski definition) is 6. The molecule has 8 heteroatoms. The van der Waals surface area contributed by atoms with Gasteiger partial charge < -0.3 is 4.90 Å². The fourth-order valence-electron chi connectivity index (χ4n) is 3.84. The summed E-state index contributed by atoms with van der Waals surface area (Å²) in [6.45, 7) is 0.910. The van der Waals surface area contributed by atoms with E-state index in [0.29, 0.717) is 25.9 Å². The SMILES string of the molecule is N#CCCN(Cc1cccnc1)C(=O)CCCCSc1nnc(-c2ccccc2)n1-c1ccccc1. The maximum atomic E-state index is 12.8. The van der Waals surface area contributed by atoms with E-state index in [9.17, 15) is 4.79 Å². The summed E-state index contributed by atoms with van der Waals surface area (Å²) in [5, 5.41) is 18.8. The molecule has 4 aromatic rings. The van der Waals surface area contributed by atoms with E-state index < -0.39 is 0 Å². The number of thioether (sulfide) groups is 1. The number of aromatic nitrogens is 4. The highest BCUT2D eigenvalue weighted by Crippen LogP contribution is 2.28. The van der Waals surface area contributed by atoms with Crippen molar-refractivity contribution in [3.05, 3.63) is 90.8 Å². The monoisotopic (exact) mass is 496 g/mol. The molecule has 0 atom stereocenters. The summed E-state index contributed by atoms with van der Waals surface area (Å²) < 4.78 is 2.09. The van der Waals surface area contributed by atoms with Gasteiger partial charge in [0.2, 0.25) is 5.91 Å². The molecule has 0 saturated heterocycles. The summed E-state index contributed by atoms with van der Waals surface area (Å²) >= 11 is 1.65. The Hall–Kier alpha value is -3.96. The van der Waals surface area contributed by atoms with Crippen molar-refractivity contribution < 1.29 is 4.79 Å². The lowest BCUT2D eigenvalue weighted by atomic mass is 10.2. The Kier molecular flexibility index (Phi) is 9.23. The molecule has 0 aliphatic heterocycles. The van der Waals surface area contributed by atoms with Crippen molar-refractivity contribution in [1.29, 1.82) is 5.26 Å². The molecule has 0 aliphatic rings. The van der Waals surface area contributed by atoms with Gasteiger partial charge in [-0.15, -0.1) is 10.2 Å². The van der Waals surface area contributed by atoms with E-state index in [0.717, 1.165) is 46.4 Å². The maximum absolute atomic E-state index is 12.8. The highest BCUT2D eigenvalue weighted by atomic mass is 32.2. The molecule has 0 spiro atoms. The molecule has 0 unspecified atom stereocenters. The first-order valence-corrected chi connectivity index (χ1v) is 13.0. The minimum Gasteiger partial charge on any atom is -0.337 e. The van der Waals surface area contributed by atoms with E-state index in [4.69, 9.17) is 5.26 Å². The summed E-state index contributed by atoms with van der Waals surface area (Å²) in [4.78, 5) is 18.7. The van der Waals surface area contributed by atoms with Crippen molar-refractivity contribution >= 4 is 17.7 Å². The molecule has 4 rings (SSSR count). The number of nitriles is 1. The van der Waals surface area contributed by atoms with Crippen molar-refractivity contribution in [3.8, 4) is 23.1 Å². The van der Waals surface area contributed by atoms with Crippen LogP contribution < -0.4 is 0 Å². The first kappa shape index (κ1) is 25.1. The van der Waals surface area contributed by atoms with Crippen LogP contribution in [0, 0.1) is 11.3 Å². The highest BCUT2D eigenvalue weighted by Gasteiger charge is 2.17. The number of carbonyl (C=O) groups excluding carboxylic acids is 1. The predicted molar refractivity (Wildman–Crippen MR) is 141 cm³/mol. The number of carbonyl (C=O) groups is 1. The second-order valence-corrected chi connectivity index (χ2v) is 9.30. The molecule has 182 valence electrons. The molecule has 7 nitrogen and oxygen atoms in total. The van der Waals surface area contributed by atoms with E-state index >= 15 is 0 Å². The van der Waals surface area contributed by atoms with Gasteiger partial charge in [-0.1, -0.05) is 66.4 Å². The van der Waals surface area contributed by atoms with Gasteiger partial charge >= 0.3 is 0 Å². The fourth-order valence-corrected chi connectivity index (χ4v) is 4.79. The number of nitrogens with zero attached hydrogens (tertiary/aromatic N) is 6. The van der Waals surface area contributed by atoms with Gasteiger partial charge in [0.15, 0.2) is 11.0 Å². The standard InChI is InChI=1S/C28H28N6OS/c29-17-10-19-33(22-23-11-9-18-30-21-23)26(35)16-7-8-20-36-28-32-31-27(24-12-3-1-4-13-24)34(28)25-14-5-2-6-15-25/h1-6,9,11-15,18,21H,7-8,10,16,19-20,22H2. The number of rotatable bonds is 12. The molecule has 0 aliphatic carbocycles. The molecular weight excluding hydrogens is 468 g/mol. The van der Waals surface area contributed by atoms with E-state index in [1.54, 1.807) is 29.1 Å². The summed E-state index contributed by atoms with van der Waals surface area (Å²) in [6.07, 6.45) is 5.89. The van der Waals surface area contributed by atoms with Crippen molar-refractivity contribution in [2.75, 3.05) is 12.3 Å². The van der Waals surface area contributed by atoms with E-state index in [-0.39, 0.29) is 5.91 Å². The lowest BCUT2D eigenvalue weighted by Gasteiger charge is -2.21. The number of pyridine rings is 1. The molecule has 0 N–H and O–H groups in total. The molecule has 2 aromatic carbocycles. The fraction of sp³-hybridized carbons (Fsp3) is 0.250. The quantitative estimate of drug-likeness (QED) is 0.189. The van der Waals surface area contributed by atoms with Gasteiger partial charge in [0.1, 0.15) is 0 Å². The molecule has 36 heavy (non-hydrogen) atoms. The van der Waals surface area contributed by atoms with Crippen molar-refractivity contribution in [2.24, 2.45) is 0 Å². The van der Waals surface area contributed by atoms with Crippen LogP contribution >= 0.6 is 11.8 Å². The Labute approximate surface area is 215 Å². The third-order valence-corrected chi connectivity index (χ3v) is 6.65. The normalized spacial score (nSPS) is 10.6. The van der Waals surface area contributed by atoms with Crippen molar-refractivity contribution in [1.82, 2.24) is 24.6 Å². The lowest BCUT2D eigenvalue weighted by Crippen LogP contribution is -2.31. The Morgan fingerprint density at radius 1 is 0.972 bits per heavy atom. The maximum Gasteiger partial charge on any atom is 0.222 e. The molecular formula is C28H28N6OS. The predicted octanol–water partition coefficient (Wildman–Crippen LogP) is 5.53. The summed E-state index contributed by atoms with van der Waals surface area (Å²) in [5.74, 6) is 1.70. The van der Waals surface area contributed by atoms with E-state index in [1.165, 1.54) is 0 Å². The van der Waals surface area contributed by atoms with Crippen LogP contribution in [0.15, 0.2) is 90.3 Å². The third-order valence-electron chi connectivity index (χ3n) is 5.64. The Morgan fingerprint density at radius 2 is 1.75 bits per heavy atom. The van der Waals surface area contributed by atoms with Gasteiger partial charge in [-0.25, -0.2) is 0 Å². The van der Waals surface area contributed by atoms with Crippen LogP contribution in [0.4, 0.5) is 0 Å². The minimum atomic E-state index is 0.0675. The van der Waals surface area contributed by atoms with Crippen LogP contribution in [0.3, 0.4) is 0 Å². The number of hydrogen-bond donors (Lipinski definition) is 0. The van der Waals surface area contributed by atoms with Crippen LogP contribution in [0.5, 0.6) is 0 Å². The van der Waals surface area contributed by atoms with E-state index in [2.05, 4.69) is 38.0 Å². The molecule has 0 saturated carbocycles. The minimum absolute atomic E-state index is 0.0675. The lowest BCUT2D eigenvalue weighted by molar-refractivity contribution is -0.131. The number of benzene rings is 2. The van der Waals surface area contributed by atoms with Crippen molar-refractivity contribution in [3.63, 3.8) is 0 Å². The zero-order valence-electron chi connectivity index (χ0n) is 20.0. The first-order valence-electron chi connectivity index (χ1n) is 12.0. The topological polar surface area (TPSA) is 87.7 Å². The highest BCUT2D eigenvalue weighted by molar-refractivity contribution is 7.99. The second-order valence-electron chi connectivity index (χ2n) is 8.23. The summed E-state index contributed by atoms with van der Waals surface area (Å²) in [5.41, 5.74) is 2.99. The zero-order chi connectivity index (χ0) is 25.0. The van der Waals surface area contributed by atoms with Crippen LogP contribution in [0.1, 0.15) is 31.2 Å². The molecule has 2 heterocycles. The molecule has 1 amide bonds. The molecule has 2 aromatic heterocycles. The number of para-hydroxylation sites is 1. The van der Waals surface area contributed by atoms with Gasteiger partial charge in [0, 0.05) is 48.9 Å². The second kappa shape index (κ2) is 13.2. The smallest absolute Gasteiger partial charge is 0.222 e. The van der Waals surface area contributed by atoms with E-state index in [1.807, 2.05) is 60.7 Å². The number of unbranched alkanes of at least 4 members (excludes halogenated alkanes) is 1. The Morgan fingerprint density at radius 3 is 2.47 bits per heavy atom. The zero-order valence-corrected chi connectivity index (χ0v) is 20.8. The first-order chi connectivity index (χ1) is 17.8. The van der Waals surface area contributed by atoms with Crippen LogP contribution in [-0.4, -0.2) is 42.9 Å². The van der Waals surface area contributed by atoms with Gasteiger partial charge in [-0.3, -0.25) is 14.3 Å². The van der Waals surface area contributed by atoms with Crippen LogP contribution in [-0.2, 0) is 11.3 Å². The summed E-state index contributed by atoms with van der Waals surface area (Å²) in [6, 6.07) is 26.1. The van der Waals surface area contributed by atoms with Gasteiger partial charge in [-0.2, -0.15) is 5.26 Å². The third kappa shape index (κ3) is 6.80. The van der Waals surface area contributed by atoms with Crippen LogP contribution in [0.25, 0.3) is 17.1 Å². The Bertz CT molecular complexity index is 1270. The molecule has 0 bridgehead atoms. The average Bonchev–Trinajstić information content (AvgIpc) is 3.36. The number of amides is 1. The largest absolute Gasteiger partial charge is 0.337 e. The Balaban J connectivity index is 1.35. The van der Waals surface area contributed by atoms with Gasteiger partial charge in [-0.05, 0) is 36.6 Å². The molecule has 0 fully saturated rings.